The highest BCUT2D eigenvalue weighted by Crippen LogP contribution is 2.26. The molecule has 5 heteroatoms. The highest BCUT2D eigenvalue weighted by atomic mass is 32.2. The van der Waals surface area contributed by atoms with Crippen LogP contribution in [0.2, 0.25) is 0 Å². The van der Waals surface area contributed by atoms with Crippen LogP contribution in [0.1, 0.15) is 29.6 Å². The molecule has 0 radical (unpaired) electrons. The van der Waals surface area contributed by atoms with E-state index in [1.807, 2.05) is 35.4 Å². The molecular formula is C16H20N2O2S. The molecule has 3 rings (SSSR count). The van der Waals surface area contributed by atoms with Gasteiger partial charge >= 0.3 is 0 Å². The number of rotatable bonds is 2. The van der Waals surface area contributed by atoms with Crippen LogP contribution in [0, 0.1) is 5.92 Å². The van der Waals surface area contributed by atoms with Gasteiger partial charge in [0, 0.05) is 36.0 Å². The average molecular weight is 304 g/mol. The van der Waals surface area contributed by atoms with Crippen molar-refractivity contribution in [1.29, 1.82) is 0 Å². The molecule has 2 atom stereocenters. The number of carbonyl (C=O) groups excluding carboxylic acids is 2. The lowest BCUT2D eigenvalue weighted by Gasteiger charge is -2.41. The first-order valence-corrected chi connectivity index (χ1v) is 8.62. The second-order valence-electron chi connectivity index (χ2n) is 5.74. The molecule has 1 N–H and O–H groups in total. The molecule has 0 aliphatic carbocycles. The third kappa shape index (κ3) is 3.07. The first-order chi connectivity index (χ1) is 10.2. The lowest BCUT2D eigenvalue weighted by atomic mass is 9.85. The number of thioether (sulfide) groups is 1. The van der Waals surface area contributed by atoms with Crippen molar-refractivity contribution in [2.45, 2.75) is 30.2 Å². The normalized spacial score (nSPS) is 25.2. The Hall–Kier alpha value is -1.49. The highest BCUT2D eigenvalue weighted by Gasteiger charge is 2.35. The van der Waals surface area contributed by atoms with Crippen LogP contribution in [-0.4, -0.2) is 42.1 Å². The van der Waals surface area contributed by atoms with E-state index >= 15 is 0 Å². The number of amides is 2. The second-order valence-corrected chi connectivity index (χ2v) is 6.62. The SMILES string of the molecule is CSc1ccc(C(=O)N2CCC3NC(=O)CCC3C2)cc1. The number of piperidine rings is 2. The fourth-order valence-corrected chi connectivity index (χ4v) is 3.62. The second kappa shape index (κ2) is 6.10. The number of nitrogens with zero attached hydrogens (tertiary/aromatic N) is 1. The molecule has 0 bridgehead atoms. The van der Waals surface area contributed by atoms with Crippen molar-refractivity contribution < 1.29 is 9.59 Å². The van der Waals surface area contributed by atoms with Gasteiger partial charge in [-0.2, -0.15) is 0 Å². The van der Waals surface area contributed by atoms with Crippen LogP contribution in [0.3, 0.4) is 0 Å². The number of likely N-dealkylation sites (tertiary alicyclic amines) is 1. The number of hydrogen-bond acceptors (Lipinski definition) is 3. The van der Waals surface area contributed by atoms with Gasteiger partial charge in [0.2, 0.25) is 5.91 Å². The largest absolute Gasteiger partial charge is 0.353 e. The van der Waals surface area contributed by atoms with E-state index in [0.717, 1.165) is 31.5 Å². The minimum absolute atomic E-state index is 0.109. The van der Waals surface area contributed by atoms with Crippen molar-refractivity contribution in [3.8, 4) is 0 Å². The van der Waals surface area contributed by atoms with Crippen LogP contribution >= 0.6 is 11.8 Å². The molecule has 2 unspecified atom stereocenters. The number of hydrogen-bond donors (Lipinski definition) is 1. The number of fused-ring (bicyclic) bond motifs is 1. The molecule has 112 valence electrons. The van der Waals surface area contributed by atoms with E-state index in [9.17, 15) is 9.59 Å². The van der Waals surface area contributed by atoms with Crippen LogP contribution < -0.4 is 5.32 Å². The monoisotopic (exact) mass is 304 g/mol. The summed E-state index contributed by atoms with van der Waals surface area (Å²) in [6.45, 7) is 1.48. The first-order valence-electron chi connectivity index (χ1n) is 7.40. The summed E-state index contributed by atoms with van der Waals surface area (Å²) in [4.78, 5) is 27.1. The number of benzene rings is 1. The van der Waals surface area contributed by atoms with Crippen molar-refractivity contribution in [2.24, 2.45) is 5.92 Å². The Morgan fingerprint density at radius 1 is 1.29 bits per heavy atom. The quantitative estimate of drug-likeness (QED) is 0.852. The van der Waals surface area contributed by atoms with Crippen LogP contribution in [-0.2, 0) is 4.79 Å². The Balaban J connectivity index is 1.67. The van der Waals surface area contributed by atoms with E-state index in [1.54, 1.807) is 11.8 Å². The van der Waals surface area contributed by atoms with Crippen LogP contribution in [0.5, 0.6) is 0 Å². The summed E-state index contributed by atoms with van der Waals surface area (Å²) in [6, 6.07) is 8.05. The fourth-order valence-electron chi connectivity index (χ4n) is 3.21. The molecule has 1 aromatic rings. The van der Waals surface area contributed by atoms with Gasteiger partial charge in [0.1, 0.15) is 0 Å². The van der Waals surface area contributed by atoms with Gasteiger partial charge in [0.15, 0.2) is 0 Å². The number of carbonyl (C=O) groups is 2. The molecule has 2 aliphatic rings. The maximum absolute atomic E-state index is 12.6. The minimum atomic E-state index is 0.109. The molecule has 0 spiro atoms. The first kappa shape index (κ1) is 14.4. The molecule has 21 heavy (non-hydrogen) atoms. The molecule has 2 heterocycles. The maximum Gasteiger partial charge on any atom is 0.253 e. The molecule has 0 aromatic heterocycles. The van der Waals surface area contributed by atoms with Gasteiger partial charge in [0.25, 0.3) is 5.91 Å². The molecule has 0 saturated carbocycles. The molecular weight excluding hydrogens is 284 g/mol. The lowest BCUT2D eigenvalue weighted by molar-refractivity contribution is -0.125. The van der Waals surface area contributed by atoms with Gasteiger partial charge < -0.3 is 10.2 Å². The Morgan fingerprint density at radius 2 is 2.05 bits per heavy atom. The van der Waals surface area contributed by atoms with Crippen molar-refractivity contribution in [1.82, 2.24) is 10.2 Å². The zero-order chi connectivity index (χ0) is 14.8. The van der Waals surface area contributed by atoms with Crippen LogP contribution in [0.4, 0.5) is 0 Å². The van der Waals surface area contributed by atoms with Crippen molar-refractivity contribution in [2.75, 3.05) is 19.3 Å². The summed E-state index contributed by atoms with van der Waals surface area (Å²) in [7, 11) is 0. The van der Waals surface area contributed by atoms with E-state index in [1.165, 1.54) is 4.90 Å². The summed E-state index contributed by atoms with van der Waals surface area (Å²) >= 11 is 1.67. The summed E-state index contributed by atoms with van der Waals surface area (Å²) in [5.41, 5.74) is 0.756. The topological polar surface area (TPSA) is 49.4 Å². The van der Waals surface area contributed by atoms with Crippen molar-refractivity contribution in [3.05, 3.63) is 29.8 Å². The molecule has 2 saturated heterocycles. The molecule has 2 amide bonds. The minimum Gasteiger partial charge on any atom is -0.353 e. The van der Waals surface area contributed by atoms with E-state index in [-0.39, 0.29) is 17.9 Å². The smallest absolute Gasteiger partial charge is 0.253 e. The lowest BCUT2D eigenvalue weighted by Crippen LogP contribution is -2.55. The van der Waals surface area contributed by atoms with Crippen molar-refractivity contribution >= 4 is 23.6 Å². The standard InChI is InChI=1S/C16H20N2O2S/c1-21-13-5-2-11(3-6-13)16(20)18-9-8-14-12(10-18)4-7-15(19)17-14/h2-3,5-6,12,14H,4,7-10H2,1H3,(H,17,19). The van der Waals surface area contributed by atoms with Crippen LogP contribution in [0.15, 0.2) is 29.2 Å². The van der Waals surface area contributed by atoms with Gasteiger partial charge in [-0.05, 0) is 49.3 Å². The van der Waals surface area contributed by atoms with Gasteiger partial charge in [-0.1, -0.05) is 0 Å². The third-order valence-electron chi connectivity index (χ3n) is 4.45. The van der Waals surface area contributed by atoms with E-state index in [4.69, 9.17) is 0 Å². The third-order valence-corrected chi connectivity index (χ3v) is 5.19. The summed E-state index contributed by atoms with van der Waals surface area (Å²) in [5, 5.41) is 3.05. The van der Waals surface area contributed by atoms with Gasteiger partial charge in [0.05, 0.1) is 0 Å². The Kier molecular flexibility index (Phi) is 4.19. The van der Waals surface area contributed by atoms with Crippen molar-refractivity contribution in [3.63, 3.8) is 0 Å². The molecule has 2 fully saturated rings. The van der Waals surface area contributed by atoms with Gasteiger partial charge in [-0.25, -0.2) is 0 Å². The summed E-state index contributed by atoms with van der Waals surface area (Å²) < 4.78 is 0. The summed E-state index contributed by atoms with van der Waals surface area (Å²) in [6.07, 6.45) is 4.38. The zero-order valence-corrected chi connectivity index (χ0v) is 13.0. The van der Waals surface area contributed by atoms with E-state index in [2.05, 4.69) is 5.32 Å². The molecule has 4 nitrogen and oxygen atoms in total. The fraction of sp³-hybridized carbons (Fsp3) is 0.500. The maximum atomic E-state index is 12.6. The zero-order valence-electron chi connectivity index (χ0n) is 12.2. The average Bonchev–Trinajstić information content (AvgIpc) is 2.53. The highest BCUT2D eigenvalue weighted by molar-refractivity contribution is 7.98. The molecule has 2 aliphatic heterocycles. The van der Waals surface area contributed by atoms with Gasteiger partial charge in [-0.3, -0.25) is 9.59 Å². The Morgan fingerprint density at radius 3 is 2.76 bits per heavy atom. The van der Waals surface area contributed by atoms with E-state index < -0.39 is 0 Å². The predicted molar refractivity (Wildman–Crippen MR) is 83.4 cm³/mol. The van der Waals surface area contributed by atoms with Gasteiger partial charge in [-0.15, -0.1) is 11.8 Å². The predicted octanol–water partition coefficient (Wildman–Crippen LogP) is 2.15. The van der Waals surface area contributed by atoms with Crippen LogP contribution in [0.25, 0.3) is 0 Å². The molecule has 1 aromatic carbocycles. The van der Waals surface area contributed by atoms with E-state index in [0.29, 0.717) is 12.3 Å². The summed E-state index contributed by atoms with van der Waals surface area (Å²) in [5.74, 6) is 0.674. The Bertz CT molecular complexity index is 544. The Labute approximate surface area is 129 Å². The number of nitrogens with one attached hydrogen (secondary N) is 1.